The number of amides is 2. The molecule has 0 saturated carbocycles. The van der Waals surface area contributed by atoms with Crippen LogP contribution in [0.3, 0.4) is 0 Å². The van der Waals surface area contributed by atoms with Crippen molar-refractivity contribution < 1.29 is 27.4 Å². The molecule has 0 unspecified atom stereocenters. The van der Waals surface area contributed by atoms with E-state index in [0.29, 0.717) is 0 Å². The molecule has 1 N–H and O–H groups in total. The largest absolute Gasteiger partial charge is 0.383 e. The minimum atomic E-state index is -1.63. The van der Waals surface area contributed by atoms with Crippen molar-refractivity contribution in [1.82, 2.24) is 4.90 Å². The van der Waals surface area contributed by atoms with Crippen molar-refractivity contribution in [2.24, 2.45) is 0 Å². The average molecular weight is 306 g/mol. The third-order valence-electron chi connectivity index (χ3n) is 2.69. The van der Waals surface area contributed by atoms with Gasteiger partial charge >= 0.3 is 6.03 Å². The van der Waals surface area contributed by atoms with E-state index in [9.17, 15) is 18.0 Å². The number of nitrogens with zero attached hydrogens (tertiary/aromatic N) is 1. The summed E-state index contributed by atoms with van der Waals surface area (Å²) in [6.07, 6.45) is 0. The summed E-state index contributed by atoms with van der Waals surface area (Å²) in [7, 11) is 2.95. The van der Waals surface area contributed by atoms with E-state index in [1.54, 1.807) is 0 Å². The Balaban J connectivity index is 2.78. The van der Waals surface area contributed by atoms with Crippen LogP contribution in [0.15, 0.2) is 12.1 Å². The number of carbonyl (C=O) groups is 1. The fraction of sp³-hybridized carbons (Fsp3) is 0.462. The first kappa shape index (κ1) is 17.3. The van der Waals surface area contributed by atoms with Gasteiger partial charge in [-0.15, -0.1) is 0 Å². The highest BCUT2D eigenvalue weighted by Crippen LogP contribution is 2.19. The predicted octanol–water partition coefficient (Wildman–Crippen LogP) is 2.23. The second-order valence-corrected chi connectivity index (χ2v) is 4.13. The molecule has 5 nitrogen and oxygen atoms in total. The Morgan fingerprint density at radius 3 is 2.19 bits per heavy atom. The fourth-order valence-corrected chi connectivity index (χ4v) is 1.53. The maximum Gasteiger partial charge on any atom is 0.322 e. The number of ether oxygens (including phenoxy) is 2. The maximum absolute atomic E-state index is 13.5. The van der Waals surface area contributed by atoms with Crippen LogP contribution in [0.4, 0.5) is 23.7 Å². The monoisotopic (exact) mass is 306 g/mol. The summed E-state index contributed by atoms with van der Waals surface area (Å²) in [5.74, 6) is -4.39. The molecular formula is C13H17F3N2O3. The van der Waals surface area contributed by atoms with E-state index in [2.05, 4.69) is 5.32 Å². The zero-order valence-corrected chi connectivity index (χ0v) is 11.8. The molecule has 0 aliphatic carbocycles. The van der Waals surface area contributed by atoms with Crippen LogP contribution in [0, 0.1) is 17.5 Å². The van der Waals surface area contributed by atoms with E-state index >= 15 is 0 Å². The van der Waals surface area contributed by atoms with E-state index in [4.69, 9.17) is 9.47 Å². The van der Waals surface area contributed by atoms with E-state index in [1.165, 1.54) is 19.1 Å². The molecule has 0 bridgehead atoms. The lowest BCUT2D eigenvalue weighted by atomic mass is 10.3. The van der Waals surface area contributed by atoms with Gasteiger partial charge in [0.2, 0.25) is 0 Å². The predicted molar refractivity (Wildman–Crippen MR) is 70.7 cm³/mol. The number of halogens is 3. The summed E-state index contributed by atoms with van der Waals surface area (Å²) in [4.78, 5) is 13.3. The van der Waals surface area contributed by atoms with Gasteiger partial charge in [0.15, 0.2) is 17.5 Å². The molecule has 0 saturated heterocycles. The molecule has 1 rings (SSSR count). The van der Waals surface area contributed by atoms with Crippen LogP contribution in [-0.2, 0) is 9.47 Å². The van der Waals surface area contributed by atoms with Gasteiger partial charge in [0.25, 0.3) is 0 Å². The third kappa shape index (κ3) is 4.91. The SMILES string of the molecule is COCCN(CCOC)C(=O)Nc1ccc(F)c(F)c1F. The summed E-state index contributed by atoms with van der Waals surface area (Å²) >= 11 is 0. The molecule has 0 fully saturated rings. The topological polar surface area (TPSA) is 50.8 Å². The first-order valence-corrected chi connectivity index (χ1v) is 6.18. The van der Waals surface area contributed by atoms with Crippen molar-refractivity contribution in [3.8, 4) is 0 Å². The molecule has 1 aromatic carbocycles. The van der Waals surface area contributed by atoms with Crippen LogP contribution in [0.1, 0.15) is 0 Å². The summed E-state index contributed by atoms with van der Waals surface area (Å²) in [5, 5.41) is 2.19. The third-order valence-corrected chi connectivity index (χ3v) is 2.69. The van der Waals surface area contributed by atoms with Crippen molar-refractivity contribution in [1.29, 1.82) is 0 Å². The molecule has 118 valence electrons. The second-order valence-electron chi connectivity index (χ2n) is 4.13. The van der Waals surface area contributed by atoms with Crippen LogP contribution < -0.4 is 5.32 Å². The van der Waals surface area contributed by atoms with E-state index in [-0.39, 0.29) is 26.3 Å². The quantitative estimate of drug-likeness (QED) is 0.786. The Kier molecular flexibility index (Phi) is 6.97. The zero-order valence-electron chi connectivity index (χ0n) is 11.8. The molecule has 0 spiro atoms. The minimum Gasteiger partial charge on any atom is -0.383 e. The van der Waals surface area contributed by atoms with E-state index < -0.39 is 29.2 Å². The molecule has 8 heteroatoms. The highest BCUT2D eigenvalue weighted by molar-refractivity contribution is 5.89. The lowest BCUT2D eigenvalue weighted by molar-refractivity contribution is 0.127. The number of hydrogen-bond donors (Lipinski definition) is 1. The molecule has 0 aromatic heterocycles. The second kappa shape index (κ2) is 8.48. The lowest BCUT2D eigenvalue weighted by Gasteiger charge is -2.22. The van der Waals surface area contributed by atoms with Crippen LogP contribution in [0.25, 0.3) is 0 Å². The maximum atomic E-state index is 13.5. The number of anilines is 1. The summed E-state index contributed by atoms with van der Waals surface area (Å²) in [5.41, 5.74) is -0.432. The number of methoxy groups -OCH3 is 2. The average Bonchev–Trinajstić information content (AvgIpc) is 2.48. The number of carbonyl (C=O) groups excluding carboxylic acids is 1. The summed E-state index contributed by atoms with van der Waals surface area (Å²) < 4.78 is 49.1. The highest BCUT2D eigenvalue weighted by Gasteiger charge is 2.18. The van der Waals surface area contributed by atoms with Gasteiger partial charge in [-0.25, -0.2) is 18.0 Å². The van der Waals surface area contributed by atoms with Gasteiger partial charge in [-0.1, -0.05) is 0 Å². The van der Waals surface area contributed by atoms with Crippen molar-refractivity contribution in [2.75, 3.05) is 45.8 Å². The number of rotatable bonds is 7. The Labute approximate surface area is 120 Å². The van der Waals surface area contributed by atoms with E-state index in [0.717, 1.165) is 12.1 Å². The number of hydrogen-bond acceptors (Lipinski definition) is 3. The fourth-order valence-electron chi connectivity index (χ4n) is 1.53. The molecular weight excluding hydrogens is 289 g/mol. The number of benzene rings is 1. The minimum absolute atomic E-state index is 0.247. The molecule has 0 aliphatic heterocycles. The first-order valence-electron chi connectivity index (χ1n) is 6.18. The Bertz CT molecular complexity index is 478. The molecule has 1 aromatic rings. The van der Waals surface area contributed by atoms with Gasteiger partial charge in [0, 0.05) is 27.3 Å². The van der Waals surface area contributed by atoms with Crippen molar-refractivity contribution in [3.05, 3.63) is 29.6 Å². The first-order chi connectivity index (χ1) is 10.0. The van der Waals surface area contributed by atoms with Crippen molar-refractivity contribution >= 4 is 11.7 Å². The smallest absolute Gasteiger partial charge is 0.322 e. The lowest BCUT2D eigenvalue weighted by Crippen LogP contribution is -2.39. The summed E-state index contributed by atoms with van der Waals surface area (Å²) in [6.45, 7) is 1.04. The van der Waals surface area contributed by atoms with Crippen LogP contribution in [0.5, 0.6) is 0 Å². The molecule has 0 radical (unpaired) electrons. The molecule has 0 heterocycles. The zero-order chi connectivity index (χ0) is 15.8. The van der Waals surface area contributed by atoms with Gasteiger partial charge in [0.1, 0.15) is 0 Å². The standard InChI is InChI=1S/C13H17F3N2O3/c1-20-7-5-18(6-8-21-2)13(19)17-10-4-3-9(14)11(15)12(10)16/h3-4H,5-8H2,1-2H3,(H,17,19). The Morgan fingerprint density at radius 2 is 1.67 bits per heavy atom. The van der Waals surface area contributed by atoms with Gasteiger partial charge in [-0.05, 0) is 12.1 Å². The number of nitrogens with one attached hydrogen (secondary N) is 1. The van der Waals surface area contributed by atoms with Gasteiger partial charge in [-0.3, -0.25) is 0 Å². The van der Waals surface area contributed by atoms with Gasteiger partial charge in [0.05, 0.1) is 18.9 Å². The molecule has 2 amide bonds. The van der Waals surface area contributed by atoms with Gasteiger partial charge < -0.3 is 19.7 Å². The molecule has 0 aliphatic rings. The highest BCUT2D eigenvalue weighted by atomic mass is 19.2. The van der Waals surface area contributed by atoms with Crippen LogP contribution >= 0.6 is 0 Å². The van der Waals surface area contributed by atoms with Gasteiger partial charge in [-0.2, -0.15) is 0 Å². The Hall–Kier alpha value is -1.80. The van der Waals surface area contributed by atoms with Crippen LogP contribution in [-0.4, -0.2) is 51.5 Å². The Morgan fingerprint density at radius 1 is 1.10 bits per heavy atom. The molecule has 21 heavy (non-hydrogen) atoms. The molecule has 0 atom stereocenters. The number of urea groups is 1. The normalized spacial score (nSPS) is 10.5. The van der Waals surface area contributed by atoms with Crippen LogP contribution in [0.2, 0.25) is 0 Å². The van der Waals surface area contributed by atoms with Crippen molar-refractivity contribution in [2.45, 2.75) is 0 Å². The summed E-state index contributed by atoms with van der Waals surface area (Å²) in [6, 6.07) is 1.04. The van der Waals surface area contributed by atoms with E-state index in [1.807, 2.05) is 0 Å². The van der Waals surface area contributed by atoms with Crippen molar-refractivity contribution in [3.63, 3.8) is 0 Å².